The van der Waals surface area contributed by atoms with Gasteiger partial charge in [-0.3, -0.25) is 9.59 Å². The average molecular weight is 1720 g/mol. The fourth-order valence-electron chi connectivity index (χ4n) is 8.01. The molecule has 8 rings (SSSR count). The predicted octanol–water partition coefficient (Wildman–Crippen LogP) is 9.35. The zero-order chi connectivity index (χ0) is 79.6. The maximum atomic E-state index is 13.1. The molecule has 582 valence electrons. The van der Waals surface area contributed by atoms with Gasteiger partial charge in [0.15, 0.2) is 19.8 Å². The third-order valence-corrected chi connectivity index (χ3v) is 14.3. The summed E-state index contributed by atoms with van der Waals surface area (Å²) in [6, 6.07) is 30.2. The number of nitrogens with two attached hydrogens (primary N) is 6. The van der Waals surface area contributed by atoms with Crippen LogP contribution >= 0.6 is 85.5 Å². The van der Waals surface area contributed by atoms with E-state index < -0.39 is 48.7 Å². The number of morpholine rings is 1. The number of nitrogens with zero attached hydrogens (tertiary/aromatic N) is 1. The number of hydrogen-bond acceptors (Lipinski definition) is 20. The van der Waals surface area contributed by atoms with E-state index in [4.69, 9.17) is 147 Å². The SMILES string of the molecule is CCOC(=O)CBr.CCOC(=O)COc1ccc(Cl)cc1NC(N)=O.COc1ccc(Cl)cc1N.COc1ccc(Cl)cc1NC(N)=O.C[C@H]1CO[C@H](Cc2ccc(F)cc2)CN1C(=O)COc1ccc(Cl)cc1NC(N)=O.NC(=O)Nc1cc(Cl)ccc1O.NC(=O)Nc1cc(Cl)ccc1OCC(=O)O.[K+].[OH-]. The number of primary amides is 5. The van der Waals surface area contributed by atoms with E-state index in [1.807, 2.05) is 6.92 Å². The number of carboxylic acids is 1. The van der Waals surface area contributed by atoms with Gasteiger partial charge >= 0.3 is 99.4 Å². The number of nitrogen functional groups attached to an aromatic ring is 1. The fraction of sp³-hybridized carbons (Fsp3) is 0.239. The van der Waals surface area contributed by atoms with Crippen LogP contribution in [-0.2, 0) is 39.8 Å². The molecule has 0 unspecified atom stereocenters. The minimum atomic E-state index is -1.13. The molecule has 41 heteroatoms. The van der Waals surface area contributed by atoms with Crippen molar-refractivity contribution < 1.29 is 153 Å². The van der Waals surface area contributed by atoms with E-state index in [9.17, 15) is 47.5 Å². The second-order valence-corrected chi connectivity index (χ2v) is 23.6. The number of alkyl halides is 1. The van der Waals surface area contributed by atoms with Crippen molar-refractivity contribution in [3.05, 3.63) is 175 Å². The first-order valence-corrected chi connectivity index (χ1v) is 33.7. The molecular formula is C67H77BrCl6FKN12O20. The quantitative estimate of drug-likeness (QED) is 0.0105. The standard InChI is InChI=1S/C21H23ClFN3O4.C11H13ClN2O4.C9H9ClN2O4.C8H9ClN2O2.C7H7ClN2O2.C7H8ClNO.C4H7BrO2.K.H2O/c1-13-11-29-17(8-14-2-5-16(23)6-3-14)10-26(13)20(27)12-30-19-7-4-15(22)9-18(19)25-21(24)28;1-2-17-10(15)6-18-9-4-3-7(12)5-8(9)14-11(13)16;10-5-1-2-7(16-4-8(13)14)6(3-5)12-9(11)15;1-13-7-3-2-5(9)4-6(7)11-8(10)12;8-4-1-2-6(11)5(3-4)10-7(9)12;1-10-7-3-2-5(8)4-6(7)9;1-2-7-4(6)3-5;;/h2-7,9,13,17H,8,10-12H2,1H3,(H3,24,25,28);3-5H,2,6H2,1H3,(H3,13,14,16);1-3H,4H2,(H,13,14)(H3,11,12,15);2-4H,1H3,(H3,10,11,12);1-3,11H,(H3,9,10,12);2-4H,9H2,1H3;2-3H2,1H3;;1H2/q;;;;;;;+1;/p-1/t13-,17+;;;;;;;;/m0......../s1. The number of phenolic OH excluding ortho intramolecular Hbond substituents is 1. The molecule has 0 aromatic heterocycles. The minimum absolute atomic E-state index is 0. The van der Waals surface area contributed by atoms with Crippen molar-refractivity contribution in [2.24, 2.45) is 28.7 Å². The number of nitrogens with one attached hydrogen (secondary N) is 5. The summed E-state index contributed by atoms with van der Waals surface area (Å²) >= 11 is 37.3. The van der Waals surface area contributed by atoms with Crippen LogP contribution < -0.4 is 136 Å². The van der Waals surface area contributed by atoms with Crippen LogP contribution in [0.4, 0.5) is 62.5 Å². The van der Waals surface area contributed by atoms with Crippen molar-refractivity contribution in [2.75, 3.05) is 98.1 Å². The molecule has 11 amide bonds. The first-order chi connectivity index (χ1) is 50.1. The zero-order valence-electron chi connectivity index (χ0n) is 58.4. The molecule has 32 nitrogen and oxygen atoms in total. The maximum Gasteiger partial charge on any atom is 1.00 e. The van der Waals surface area contributed by atoms with E-state index in [1.165, 1.54) is 73.8 Å². The number of halogens is 8. The molecule has 1 aliphatic rings. The Labute approximate surface area is 700 Å². The number of carbonyl (C=O) groups excluding carboxylic acids is 8. The van der Waals surface area contributed by atoms with Gasteiger partial charge in [0.25, 0.3) is 5.91 Å². The molecule has 0 bridgehead atoms. The molecule has 1 heterocycles. The molecule has 0 saturated carbocycles. The Morgan fingerprint density at radius 1 is 0.528 bits per heavy atom. The third kappa shape index (κ3) is 41.4. The summed E-state index contributed by atoms with van der Waals surface area (Å²) in [6.07, 6.45) is 0.375. The number of hydrogen-bond donors (Lipinski definition) is 13. The van der Waals surface area contributed by atoms with E-state index in [0.717, 1.165) is 5.56 Å². The number of esters is 2. The first kappa shape index (κ1) is 99.1. The number of ether oxygens (including phenoxy) is 8. The molecule has 2 atom stereocenters. The van der Waals surface area contributed by atoms with Crippen LogP contribution in [0, 0.1) is 5.82 Å². The Balaban J connectivity index is 0.00000129. The van der Waals surface area contributed by atoms with Crippen LogP contribution in [0.3, 0.4) is 0 Å². The minimum Gasteiger partial charge on any atom is -0.870 e. The van der Waals surface area contributed by atoms with Crippen LogP contribution in [0.15, 0.2) is 133 Å². The zero-order valence-corrected chi connectivity index (χ0v) is 67.7. The average Bonchev–Trinajstić information content (AvgIpc) is 0.842. The predicted molar refractivity (Wildman–Crippen MR) is 408 cm³/mol. The molecule has 1 saturated heterocycles. The number of anilines is 6. The summed E-state index contributed by atoms with van der Waals surface area (Å²) in [6.45, 7) is 5.90. The van der Waals surface area contributed by atoms with Gasteiger partial charge < -0.3 is 119 Å². The molecule has 20 N–H and O–H groups in total. The van der Waals surface area contributed by atoms with Gasteiger partial charge in [0.2, 0.25) is 0 Å². The van der Waals surface area contributed by atoms with Crippen LogP contribution in [0.2, 0.25) is 30.1 Å². The molecule has 7 aromatic carbocycles. The fourth-order valence-corrected chi connectivity index (χ4v) is 9.21. The third-order valence-electron chi connectivity index (χ3n) is 12.4. The van der Waals surface area contributed by atoms with E-state index >= 15 is 0 Å². The Morgan fingerprint density at radius 3 is 1.26 bits per heavy atom. The van der Waals surface area contributed by atoms with Crippen LogP contribution in [0.25, 0.3) is 0 Å². The van der Waals surface area contributed by atoms with Gasteiger partial charge in [-0.15, -0.1) is 0 Å². The van der Waals surface area contributed by atoms with Crippen molar-refractivity contribution >= 4 is 174 Å². The van der Waals surface area contributed by atoms with Gasteiger partial charge in [0.1, 0.15) is 45.6 Å². The van der Waals surface area contributed by atoms with E-state index in [2.05, 4.69) is 47.3 Å². The number of aromatic hydroxyl groups is 1. The summed E-state index contributed by atoms with van der Waals surface area (Å²) in [7, 11) is 3.06. The number of urea groups is 5. The van der Waals surface area contributed by atoms with Gasteiger partial charge in [-0.05, 0) is 148 Å². The monoisotopic (exact) mass is 1720 g/mol. The Hall–Kier alpha value is -8.92. The largest absolute Gasteiger partial charge is 1.00 e. The van der Waals surface area contributed by atoms with Gasteiger partial charge in [-0.1, -0.05) is 97.7 Å². The van der Waals surface area contributed by atoms with Gasteiger partial charge in [0.05, 0.1) is 80.3 Å². The summed E-state index contributed by atoms with van der Waals surface area (Å²) in [4.78, 5) is 99.6. The number of benzene rings is 7. The first-order valence-electron chi connectivity index (χ1n) is 30.4. The van der Waals surface area contributed by atoms with Crippen molar-refractivity contribution in [1.29, 1.82) is 0 Å². The van der Waals surface area contributed by atoms with Crippen LogP contribution in [0.5, 0.6) is 34.5 Å². The van der Waals surface area contributed by atoms with Crippen molar-refractivity contribution in [2.45, 2.75) is 39.3 Å². The second-order valence-electron chi connectivity index (χ2n) is 20.4. The molecule has 108 heavy (non-hydrogen) atoms. The van der Waals surface area contributed by atoms with E-state index in [0.29, 0.717) is 90.2 Å². The molecule has 0 aliphatic carbocycles. The molecular weight excluding hydrogens is 1640 g/mol. The molecule has 1 fully saturated rings. The summed E-state index contributed by atoms with van der Waals surface area (Å²) in [5, 5.41) is 32.2. The molecule has 0 radical (unpaired) electrons. The number of carboxylic acid groups (broad SMARTS) is 1. The van der Waals surface area contributed by atoms with E-state index in [1.54, 1.807) is 92.6 Å². The summed E-state index contributed by atoms with van der Waals surface area (Å²) < 4.78 is 53.8. The molecule has 7 aromatic rings. The molecule has 0 spiro atoms. The number of amides is 11. The van der Waals surface area contributed by atoms with Crippen molar-refractivity contribution in [3.63, 3.8) is 0 Å². The van der Waals surface area contributed by atoms with E-state index in [-0.39, 0.29) is 147 Å². The Kier molecular flexibility index (Phi) is 49.4. The molecule has 1 aliphatic heterocycles. The van der Waals surface area contributed by atoms with Crippen LogP contribution in [0.1, 0.15) is 26.3 Å². The number of aliphatic carboxylic acids is 1. The van der Waals surface area contributed by atoms with Gasteiger partial charge in [-0.25, -0.2) is 38.0 Å². The number of carbonyl (C=O) groups is 9. The van der Waals surface area contributed by atoms with Crippen molar-refractivity contribution in [3.8, 4) is 34.5 Å². The second kappa shape index (κ2) is 53.8. The number of phenols is 1. The maximum absolute atomic E-state index is 13.1. The number of methoxy groups -OCH3 is 2. The normalized spacial score (nSPS) is 11.8. The van der Waals surface area contributed by atoms with Crippen LogP contribution in [-0.4, -0.2) is 152 Å². The topological polar surface area (TPSA) is 517 Å². The van der Waals surface area contributed by atoms with Crippen molar-refractivity contribution in [1.82, 2.24) is 4.90 Å². The van der Waals surface area contributed by atoms with Gasteiger partial charge in [0, 0.05) is 43.1 Å². The number of rotatable bonds is 21. The summed E-state index contributed by atoms with van der Waals surface area (Å²) in [5.74, 6) is -0.480. The summed E-state index contributed by atoms with van der Waals surface area (Å²) in [5.41, 5.74) is 33.4. The Bertz CT molecular complexity index is 4080. The smallest absolute Gasteiger partial charge is 0.870 e. The Morgan fingerprint density at radius 2 is 0.880 bits per heavy atom. The van der Waals surface area contributed by atoms with Gasteiger partial charge in [-0.2, -0.15) is 0 Å².